The zero-order chi connectivity index (χ0) is 27.2. The molecular weight excluding hydrogens is 478 g/mol. The molecule has 9 heteroatoms. The van der Waals surface area contributed by atoms with Crippen molar-refractivity contribution in [3.8, 4) is 11.4 Å². The lowest BCUT2D eigenvalue weighted by molar-refractivity contribution is 0.0787. The maximum absolute atomic E-state index is 13.8. The van der Waals surface area contributed by atoms with Gasteiger partial charge < -0.3 is 20.3 Å². The SMILES string of the molecule is CCn1ncc(CN(C)C(=O)c2cc(-c3ccc(NCCNC)c(C)n3)nc3cc(COC)ccc23)c1C. The van der Waals surface area contributed by atoms with Crippen molar-refractivity contribution in [3.63, 3.8) is 0 Å². The molecule has 0 bridgehead atoms. The van der Waals surface area contributed by atoms with Crippen LogP contribution in [0.2, 0.25) is 0 Å². The van der Waals surface area contributed by atoms with Gasteiger partial charge in [0.15, 0.2) is 0 Å². The number of hydrogen-bond acceptors (Lipinski definition) is 7. The molecular formula is C29H37N7O2. The number of fused-ring (bicyclic) bond motifs is 1. The summed E-state index contributed by atoms with van der Waals surface area (Å²) < 4.78 is 7.27. The Morgan fingerprint density at radius 2 is 1.89 bits per heavy atom. The molecule has 3 heterocycles. The average molecular weight is 516 g/mol. The van der Waals surface area contributed by atoms with Crippen molar-refractivity contribution in [2.45, 2.75) is 40.5 Å². The number of methoxy groups -OCH3 is 1. The molecule has 38 heavy (non-hydrogen) atoms. The van der Waals surface area contributed by atoms with Gasteiger partial charge in [0.2, 0.25) is 0 Å². The Hall–Kier alpha value is -3.82. The van der Waals surface area contributed by atoms with Gasteiger partial charge in [0.05, 0.1) is 46.7 Å². The first kappa shape index (κ1) is 27.2. The van der Waals surface area contributed by atoms with Crippen molar-refractivity contribution in [1.82, 2.24) is 30.0 Å². The van der Waals surface area contributed by atoms with Crippen LogP contribution in [0.4, 0.5) is 5.69 Å². The number of ether oxygens (including phenoxy) is 1. The van der Waals surface area contributed by atoms with E-state index in [0.717, 1.165) is 64.4 Å². The summed E-state index contributed by atoms with van der Waals surface area (Å²) in [7, 11) is 5.42. The van der Waals surface area contributed by atoms with Crippen molar-refractivity contribution in [2.24, 2.45) is 0 Å². The third-order valence-electron chi connectivity index (χ3n) is 6.71. The Morgan fingerprint density at radius 1 is 1.08 bits per heavy atom. The van der Waals surface area contributed by atoms with Crippen molar-refractivity contribution < 1.29 is 9.53 Å². The lowest BCUT2D eigenvalue weighted by atomic mass is 10.0. The molecule has 0 unspecified atom stereocenters. The summed E-state index contributed by atoms with van der Waals surface area (Å²) in [6.07, 6.45) is 1.84. The third-order valence-corrected chi connectivity index (χ3v) is 6.71. The Kier molecular flexibility index (Phi) is 8.70. The van der Waals surface area contributed by atoms with E-state index in [4.69, 9.17) is 14.7 Å². The molecule has 1 aromatic carbocycles. The molecule has 4 rings (SSSR count). The van der Waals surface area contributed by atoms with Crippen LogP contribution in [0.5, 0.6) is 0 Å². The highest BCUT2D eigenvalue weighted by Gasteiger charge is 2.20. The smallest absolute Gasteiger partial charge is 0.254 e. The number of carbonyl (C=O) groups excluding carboxylic acids is 1. The molecule has 200 valence electrons. The number of nitrogens with zero attached hydrogens (tertiary/aromatic N) is 5. The van der Waals surface area contributed by atoms with Gasteiger partial charge in [-0.15, -0.1) is 0 Å². The molecule has 0 aliphatic heterocycles. The summed E-state index contributed by atoms with van der Waals surface area (Å²) >= 11 is 0. The second-order valence-corrected chi connectivity index (χ2v) is 9.43. The van der Waals surface area contributed by atoms with E-state index in [0.29, 0.717) is 24.4 Å². The summed E-state index contributed by atoms with van der Waals surface area (Å²) in [4.78, 5) is 25.3. The third kappa shape index (κ3) is 5.84. The minimum atomic E-state index is -0.0798. The predicted molar refractivity (Wildman–Crippen MR) is 151 cm³/mol. The van der Waals surface area contributed by atoms with Crippen molar-refractivity contribution in [1.29, 1.82) is 0 Å². The fraction of sp³-hybridized carbons (Fsp3) is 0.379. The van der Waals surface area contributed by atoms with E-state index in [2.05, 4.69) is 22.7 Å². The molecule has 1 amide bonds. The van der Waals surface area contributed by atoms with Crippen LogP contribution in [0.1, 0.15) is 39.8 Å². The van der Waals surface area contributed by atoms with Gasteiger partial charge >= 0.3 is 0 Å². The van der Waals surface area contributed by atoms with Gasteiger partial charge in [-0.1, -0.05) is 12.1 Å². The van der Waals surface area contributed by atoms with Gasteiger partial charge in [-0.3, -0.25) is 9.48 Å². The van der Waals surface area contributed by atoms with E-state index in [1.54, 1.807) is 12.0 Å². The highest BCUT2D eigenvalue weighted by atomic mass is 16.5. The number of aromatic nitrogens is 4. The lowest BCUT2D eigenvalue weighted by Gasteiger charge is -2.19. The number of aryl methyl sites for hydroxylation is 2. The van der Waals surface area contributed by atoms with Crippen LogP contribution < -0.4 is 10.6 Å². The van der Waals surface area contributed by atoms with Crippen LogP contribution in [0.3, 0.4) is 0 Å². The minimum absolute atomic E-state index is 0.0798. The van der Waals surface area contributed by atoms with Crippen LogP contribution in [0, 0.1) is 13.8 Å². The molecule has 0 aliphatic carbocycles. The first-order chi connectivity index (χ1) is 18.4. The second kappa shape index (κ2) is 12.1. The van der Waals surface area contributed by atoms with E-state index in [1.807, 2.05) is 75.2 Å². The summed E-state index contributed by atoms with van der Waals surface area (Å²) in [5.74, 6) is -0.0798. The molecule has 2 N–H and O–H groups in total. The standard InChI is InChI=1S/C29H37N7O2/c1-7-36-20(3)22(16-32-36)17-35(5)29(37)24-15-28(34-27-14-21(18-38-6)8-9-23(24)27)26-11-10-25(19(2)33-26)31-13-12-30-4/h8-11,14-16,30-31H,7,12-13,17-18H2,1-6H3. The fourth-order valence-corrected chi connectivity index (χ4v) is 4.54. The van der Waals surface area contributed by atoms with E-state index in [9.17, 15) is 4.79 Å². The molecule has 4 aromatic rings. The number of pyridine rings is 2. The maximum atomic E-state index is 13.8. The number of hydrogen-bond donors (Lipinski definition) is 2. The number of anilines is 1. The largest absolute Gasteiger partial charge is 0.382 e. The first-order valence-electron chi connectivity index (χ1n) is 12.9. The van der Waals surface area contributed by atoms with Crippen molar-refractivity contribution >= 4 is 22.5 Å². The Bertz CT molecular complexity index is 1430. The monoisotopic (exact) mass is 515 g/mol. The number of benzene rings is 1. The number of nitrogens with one attached hydrogen (secondary N) is 2. The predicted octanol–water partition coefficient (Wildman–Crippen LogP) is 4.18. The normalized spacial score (nSPS) is 11.2. The zero-order valence-corrected chi connectivity index (χ0v) is 23.1. The van der Waals surface area contributed by atoms with Gasteiger partial charge in [0, 0.05) is 57.0 Å². The molecule has 0 fully saturated rings. The first-order valence-corrected chi connectivity index (χ1v) is 12.9. The summed E-state index contributed by atoms with van der Waals surface area (Å²) in [5.41, 5.74) is 7.65. The number of amides is 1. The number of carbonyl (C=O) groups is 1. The van der Waals surface area contributed by atoms with Gasteiger partial charge in [-0.25, -0.2) is 9.97 Å². The molecule has 0 saturated carbocycles. The molecule has 0 radical (unpaired) electrons. The molecule has 0 atom stereocenters. The number of rotatable bonds is 11. The lowest BCUT2D eigenvalue weighted by Crippen LogP contribution is -2.27. The summed E-state index contributed by atoms with van der Waals surface area (Å²) in [6, 6.07) is 11.7. The number of likely N-dealkylation sites (N-methyl/N-ethyl adjacent to an activating group) is 1. The Labute approximate surface area is 224 Å². The Balaban J connectivity index is 1.73. The Morgan fingerprint density at radius 3 is 2.58 bits per heavy atom. The van der Waals surface area contributed by atoms with Crippen molar-refractivity contribution in [3.05, 3.63) is 70.7 Å². The minimum Gasteiger partial charge on any atom is -0.382 e. The molecule has 9 nitrogen and oxygen atoms in total. The van der Waals surface area contributed by atoms with E-state index < -0.39 is 0 Å². The highest BCUT2D eigenvalue weighted by molar-refractivity contribution is 6.07. The van der Waals surface area contributed by atoms with E-state index in [-0.39, 0.29) is 5.91 Å². The quantitative estimate of drug-likeness (QED) is 0.289. The average Bonchev–Trinajstić information content (AvgIpc) is 3.27. The van der Waals surface area contributed by atoms with Gasteiger partial charge in [0.1, 0.15) is 0 Å². The molecule has 0 aliphatic rings. The van der Waals surface area contributed by atoms with Gasteiger partial charge in [0.25, 0.3) is 5.91 Å². The van der Waals surface area contributed by atoms with Gasteiger partial charge in [-0.05, 0) is 57.6 Å². The molecule has 3 aromatic heterocycles. The van der Waals surface area contributed by atoms with Crippen molar-refractivity contribution in [2.75, 3.05) is 39.6 Å². The molecule has 0 spiro atoms. The van der Waals surface area contributed by atoms with Crippen LogP contribution in [-0.2, 0) is 24.4 Å². The topological polar surface area (TPSA) is 97.2 Å². The van der Waals surface area contributed by atoms with Crippen LogP contribution in [-0.4, -0.2) is 64.9 Å². The zero-order valence-electron chi connectivity index (χ0n) is 23.1. The summed E-state index contributed by atoms with van der Waals surface area (Å²) in [5, 5.41) is 11.8. The summed E-state index contributed by atoms with van der Waals surface area (Å²) in [6.45, 7) is 9.45. The van der Waals surface area contributed by atoms with E-state index in [1.165, 1.54) is 0 Å². The van der Waals surface area contributed by atoms with Crippen LogP contribution in [0.25, 0.3) is 22.3 Å². The van der Waals surface area contributed by atoms with E-state index >= 15 is 0 Å². The fourth-order valence-electron chi connectivity index (χ4n) is 4.54. The van der Waals surface area contributed by atoms with Gasteiger partial charge in [-0.2, -0.15) is 5.10 Å². The second-order valence-electron chi connectivity index (χ2n) is 9.43. The highest BCUT2D eigenvalue weighted by Crippen LogP contribution is 2.28. The maximum Gasteiger partial charge on any atom is 0.254 e. The van der Waals surface area contributed by atoms with Crippen LogP contribution in [0.15, 0.2) is 42.6 Å². The molecule has 0 saturated heterocycles. The van der Waals surface area contributed by atoms with Crippen LogP contribution >= 0.6 is 0 Å².